The average Bonchev–Trinajstić information content (AvgIpc) is 2.65. The monoisotopic (exact) mass is 389 g/mol. The van der Waals surface area contributed by atoms with Crippen molar-refractivity contribution in [2.45, 2.75) is 31.7 Å². The Morgan fingerprint density at radius 3 is 2.57 bits per heavy atom. The Morgan fingerprint density at radius 1 is 1.29 bits per heavy atom. The average molecular weight is 389 g/mol. The van der Waals surface area contributed by atoms with Gasteiger partial charge < -0.3 is 24.5 Å². The first kappa shape index (κ1) is 20.5. The molecule has 7 heteroatoms. The van der Waals surface area contributed by atoms with Crippen LogP contribution in [0.1, 0.15) is 36.0 Å². The lowest BCUT2D eigenvalue weighted by atomic mass is 9.69. The number of aliphatic hydroxyl groups is 1. The zero-order chi connectivity index (χ0) is 20.5. The molecule has 28 heavy (non-hydrogen) atoms. The van der Waals surface area contributed by atoms with Crippen LogP contribution in [0.3, 0.4) is 0 Å². The number of carbonyl (C=O) groups is 2. The maximum absolute atomic E-state index is 12.8. The predicted molar refractivity (Wildman–Crippen MR) is 108 cm³/mol. The van der Waals surface area contributed by atoms with Crippen LogP contribution in [0.15, 0.2) is 18.2 Å². The molecule has 1 heterocycles. The molecule has 0 unspecified atom stereocenters. The summed E-state index contributed by atoms with van der Waals surface area (Å²) in [6.07, 6.45) is 3.40. The number of anilines is 1. The molecule has 154 valence electrons. The highest BCUT2D eigenvalue weighted by Crippen LogP contribution is 2.41. The van der Waals surface area contributed by atoms with Crippen molar-refractivity contribution in [1.29, 1.82) is 0 Å². The first-order valence-corrected chi connectivity index (χ1v) is 9.82. The molecule has 2 amide bonds. The van der Waals surface area contributed by atoms with Gasteiger partial charge in [0.15, 0.2) is 0 Å². The highest BCUT2D eigenvalue weighted by atomic mass is 16.5. The van der Waals surface area contributed by atoms with Gasteiger partial charge in [-0.3, -0.25) is 9.59 Å². The maximum atomic E-state index is 12.8. The molecular weight excluding hydrogens is 358 g/mol. The summed E-state index contributed by atoms with van der Waals surface area (Å²) in [5.41, 5.74) is 1.30. The number of ether oxygens (including phenoxy) is 1. The summed E-state index contributed by atoms with van der Waals surface area (Å²) < 4.78 is 5.86. The number of hydrogen-bond donors (Lipinski definition) is 1. The van der Waals surface area contributed by atoms with E-state index >= 15 is 0 Å². The number of likely N-dealkylation sites (N-methyl/N-ethyl adjacent to an activating group) is 1. The predicted octanol–water partition coefficient (Wildman–Crippen LogP) is 1.60. The van der Waals surface area contributed by atoms with Crippen molar-refractivity contribution in [3.63, 3.8) is 0 Å². The van der Waals surface area contributed by atoms with Gasteiger partial charge in [0, 0.05) is 45.7 Å². The molecule has 0 spiro atoms. The van der Waals surface area contributed by atoms with E-state index in [2.05, 4.69) is 0 Å². The fraction of sp³-hybridized carbons (Fsp3) is 0.619. The van der Waals surface area contributed by atoms with Crippen molar-refractivity contribution in [2.75, 3.05) is 52.8 Å². The van der Waals surface area contributed by atoms with E-state index < -0.39 is 0 Å². The van der Waals surface area contributed by atoms with E-state index in [1.165, 1.54) is 0 Å². The standard InChI is InChI=1S/C21H31N3O4/c1-22(2)20(27)15-6-7-18-17(10-15)24(4)16(12-28-18)11-19(26)23(3)13-21(14-25)8-5-9-21/h6-7,10,16,25H,5,8-9,11-14H2,1-4H3/t16-/m1/s1. The Kier molecular flexibility index (Phi) is 5.84. The number of benzene rings is 1. The Hall–Kier alpha value is -2.28. The van der Waals surface area contributed by atoms with E-state index in [9.17, 15) is 14.7 Å². The van der Waals surface area contributed by atoms with E-state index in [1.54, 1.807) is 30.0 Å². The summed E-state index contributed by atoms with van der Waals surface area (Å²) in [7, 11) is 7.19. The van der Waals surface area contributed by atoms with Crippen molar-refractivity contribution in [3.05, 3.63) is 23.8 Å². The van der Waals surface area contributed by atoms with Crippen molar-refractivity contribution in [3.8, 4) is 5.75 Å². The molecule has 0 radical (unpaired) electrons. The van der Waals surface area contributed by atoms with Crippen LogP contribution in [0.25, 0.3) is 0 Å². The van der Waals surface area contributed by atoms with Crippen LogP contribution in [0.4, 0.5) is 5.69 Å². The number of hydrogen-bond acceptors (Lipinski definition) is 5. The lowest BCUT2D eigenvalue weighted by Crippen LogP contribution is -2.48. The third-order valence-corrected chi connectivity index (χ3v) is 6.13. The lowest BCUT2D eigenvalue weighted by molar-refractivity contribution is -0.133. The molecule has 2 aliphatic rings. The van der Waals surface area contributed by atoms with Gasteiger partial charge in [-0.1, -0.05) is 6.42 Å². The number of fused-ring (bicyclic) bond motifs is 1. The molecular formula is C21H31N3O4. The summed E-state index contributed by atoms with van der Waals surface area (Å²) in [5.74, 6) is 0.705. The van der Waals surface area contributed by atoms with Crippen LogP contribution in [0.2, 0.25) is 0 Å². The third-order valence-electron chi connectivity index (χ3n) is 6.13. The van der Waals surface area contributed by atoms with E-state index in [-0.39, 0.29) is 29.9 Å². The summed E-state index contributed by atoms with van der Waals surface area (Å²) >= 11 is 0. The fourth-order valence-electron chi connectivity index (χ4n) is 3.99. The molecule has 1 aromatic rings. The van der Waals surface area contributed by atoms with Crippen LogP contribution in [0.5, 0.6) is 5.75 Å². The smallest absolute Gasteiger partial charge is 0.253 e. The Balaban J connectivity index is 1.67. The normalized spacial score (nSPS) is 19.9. The topological polar surface area (TPSA) is 73.3 Å². The van der Waals surface area contributed by atoms with Crippen LogP contribution in [-0.4, -0.2) is 80.7 Å². The SMILES string of the molecule is CN(C)C(=O)c1ccc2c(c1)N(C)[C@H](CC(=O)N(C)CC1(CO)CCC1)CO2. The number of nitrogens with zero attached hydrogens (tertiary/aromatic N) is 3. The summed E-state index contributed by atoms with van der Waals surface area (Å²) in [6, 6.07) is 5.31. The molecule has 1 N–H and O–H groups in total. The van der Waals surface area contributed by atoms with Gasteiger partial charge in [0.1, 0.15) is 12.4 Å². The van der Waals surface area contributed by atoms with E-state index in [4.69, 9.17) is 4.74 Å². The van der Waals surface area contributed by atoms with Crippen LogP contribution < -0.4 is 9.64 Å². The fourth-order valence-corrected chi connectivity index (χ4v) is 3.99. The minimum atomic E-state index is -0.118. The first-order chi connectivity index (χ1) is 13.3. The molecule has 0 aromatic heterocycles. The molecule has 1 fully saturated rings. The summed E-state index contributed by atoms with van der Waals surface area (Å²) in [6.45, 7) is 1.15. The zero-order valence-corrected chi connectivity index (χ0v) is 17.3. The Labute approximate surface area is 166 Å². The Morgan fingerprint density at radius 2 is 2.00 bits per heavy atom. The third kappa shape index (κ3) is 3.94. The first-order valence-electron chi connectivity index (χ1n) is 9.82. The molecule has 1 saturated carbocycles. The van der Waals surface area contributed by atoms with E-state index in [1.807, 2.05) is 31.1 Å². The largest absolute Gasteiger partial charge is 0.489 e. The molecule has 1 aromatic carbocycles. The second-order valence-electron chi connectivity index (χ2n) is 8.42. The number of amides is 2. The van der Waals surface area contributed by atoms with E-state index in [0.717, 1.165) is 30.7 Å². The molecule has 7 nitrogen and oxygen atoms in total. The van der Waals surface area contributed by atoms with Gasteiger partial charge in [-0.15, -0.1) is 0 Å². The molecule has 1 aliphatic heterocycles. The molecule has 0 saturated heterocycles. The number of rotatable bonds is 6. The second-order valence-corrected chi connectivity index (χ2v) is 8.42. The number of aliphatic hydroxyl groups excluding tert-OH is 1. The van der Waals surface area contributed by atoms with Crippen molar-refractivity contribution in [2.24, 2.45) is 5.41 Å². The van der Waals surface area contributed by atoms with Gasteiger partial charge in [-0.2, -0.15) is 0 Å². The van der Waals surface area contributed by atoms with Crippen LogP contribution in [-0.2, 0) is 4.79 Å². The van der Waals surface area contributed by atoms with E-state index in [0.29, 0.717) is 25.1 Å². The van der Waals surface area contributed by atoms with Crippen molar-refractivity contribution < 1.29 is 19.4 Å². The van der Waals surface area contributed by atoms with Crippen LogP contribution in [0, 0.1) is 5.41 Å². The minimum Gasteiger partial charge on any atom is -0.489 e. The second kappa shape index (κ2) is 7.99. The summed E-state index contributed by atoms with van der Waals surface area (Å²) in [5, 5.41) is 9.65. The highest BCUT2D eigenvalue weighted by Gasteiger charge is 2.38. The van der Waals surface area contributed by atoms with Gasteiger partial charge in [0.05, 0.1) is 24.8 Å². The molecule has 1 aliphatic carbocycles. The quantitative estimate of drug-likeness (QED) is 0.800. The molecule has 0 bridgehead atoms. The van der Waals surface area contributed by atoms with Gasteiger partial charge in [-0.25, -0.2) is 0 Å². The molecule has 3 rings (SSSR count). The maximum Gasteiger partial charge on any atom is 0.253 e. The minimum absolute atomic E-state index is 0.0455. The van der Waals surface area contributed by atoms with Crippen molar-refractivity contribution in [1.82, 2.24) is 9.80 Å². The van der Waals surface area contributed by atoms with Crippen LogP contribution >= 0.6 is 0 Å². The van der Waals surface area contributed by atoms with Crippen molar-refractivity contribution >= 4 is 17.5 Å². The zero-order valence-electron chi connectivity index (χ0n) is 17.3. The van der Waals surface area contributed by atoms with Gasteiger partial charge in [-0.05, 0) is 31.0 Å². The highest BCUT2D eigenvalue weighted by molar-refractivity contribution is 5.95. The number of carbonyl (C=O) groups excluding carboxylic acids is 2. The van der Waals surface area contributed by atoms with Gasteiger partial charge in [0.2, 0.25) is 5.91 Å². The van der Waals surface area contributed by atoms with Gasteiger partial charge in [0.25, 0.3) is 5.91 Å². The Bertz CT molecular complexity index is 740. The summed E-state index contributed by atoms with van der Waals surface area (Å²) in [4.78, 5) is 30.3. The van der Waals surface area contributed by atoms with Gasteiger partial charge >= 0.3 is 0 Å². The lowest BCUT2D eigenvalue weighted by Gasteiger charge is -2.43. The molecule has 1 atom stereocenters.